The van der Waals surface area contributed by atoms with Gasteiger partial charge in [0.2, 0.25) is 0 Å². The van der Waals surface area contributed by atoms with Crippen LogP contribution in [0.15, 0.2) is 97.7 Å². The molecule has 8 nitrogen and oxygen atoms in total. The van der Waals surface area contributed by atoms with E-state index in [-0.39, 0.29) is 6.03 Å². The highest BCUT2D eigenvalue weighted by atomic mass is 16.2. The quantitative estimate of drug-likeness (QED) is 0.244. The third kappa shape index (κ3) is 5.23. The first-order valence-electron chi connectivity index (χ1n) is 14.5. The number of amides is 2. The molecule has 6 aromatic rings. The summed E-state index contributed by atoms with van der Waals surface area (Å²) in [6.07, 6.45) is 10.8. The Balaban J connectivity index is 1.20. The van der Waals surface area contributed by atoms with Crippen molar-refractivity contribution in [3.63, 3.8) is 0 Å². The van der Waals surface area contributed by atoms with Crippen LogP contribution < -0.4 is 5.32 Å². The number of fused-ring (bicyclic) bond motifs is 2. The van der Waals surface area contributed by atoms with Crippen molar-refractivity contribution in [1.82, 2.24) is 29.2 Å². The Morgan fingerprint density at radius 1 is 0.953 bits per heavy atom. The molecule has 0 fully saturated rings. The summed E-state index contributed by atoms with van der Waals surface area (Å²) >= 11 is 0. The molecular weight excluding hydrogens is 534 g/mol. The Hall–Kier alpha value is -5.37. The van der Waals surface area contributed by atoms with Gasteiger partial charge in [0.25, 0.3) is 0 Å². The normalized spacial score (nSPS) is 12.7. The lowest BCUT2D eigenvalue weighted by atomic mass is 9.96. The van der Waals surface area contributed by atoms with E-state index in [2.05, 4.69) is 65.7 Å². The molecule has 5 heterocycles. The number of rotatable bonds is 5. The molecule has 8 heteroatoms. The zero-order valence-corrected chi connectivity index (χ0v) is 24.2. The van der Waals surface area contributed by atoms with Crippen molar-refractivity contribution in [3.8, 4) is 33.8 Å². The number of carbonyl (C=O) groups excluding carboxylic acids is 1. The number of aryl methyl sites for hydroxylation is 2. The van der Waals surface area contributed by atoms with Crippen molar-refractivity contribution in [1.29, 1.82) is 0 Å². The number of carbonyl (C=O) groups is 1. The molecule has 0 spiro atoms. The Morgan fingerprint density at radius 2 is 1.86 bits per heavy atom. The fourth-order valence-corrected chi connectivity index (χ4v) is 5.70. The first kappa shape index (κ1) is 26.5. The maximum atomic E-state index is 13.7. The van der Waals surface area contributed by atoms with Crippen molar-refractivity contribution < 1.29 is 4.79 Å². The number of anilines is 1. The van der Waals surface area contributed by atoms with E-state index in [1.54, 1.807) is 18.6 Å². The molecule has 0 aliphatic carbocycles. The largest absolute Gasteiger partial charge is 0.322 e. The minimum atomic E-state index is -0.137. The highest BCUT2D eigenvalue weighted by Crippen LogP contribution is 2.33. The number of imidazole rings is 1. The summed E-state index contributed by atoms with van der Waals surface area (Å²) < 4.78 is 2.01. The molecule has 2 aromatic carbocycles. The first-order valence-corrected chi connectivity index (χ1v) is 14.5. The first-order chi connectivity index (χ1) is 21.1. The third-order valence-electron chi connectivity index (χ3n) is 8.04. The second kappa shape index (κ2) is 11.1. The lowest BCUT2D eigenvalue weighted by Gasteiger charge is -2.30. The second-order valence-electron chi connectivity index (χ2n) is 10.9. The van der Waals surface area contributed by atoms with Crippen LogP contribution >= 0.6 is 0 Å². The van der Waals surface area contributed by atoms with Crippen LogP contribution in [0, 0.1) is 6.92 Å². The van der Waals surface area contributed by atoms with Gasteiger partial charge in [0, 0.05) is 66.3 Å². The van der Waals surface area contributed by atoms with Crippen molar-refractivity contribution in [2.24, 2.45) is 0 Å². The third-order valence-corrected chi connectivity index (χ3v) is 8.04. The van der Waals surface area contributed by atoms with Gasteiger partial charge in [-0.1, -0.05) is 37.3 Å². The Bertz CT molecular complexity index is 1960. The molecule has 0 radical (unpaired) electrons. The second-order valence-corrected chi connectivity index (χ2v) is 10.9. The number of benzene rings is 2. The van der Waals surface area contributed by atoms with Gasteiger partial charge >= 0.3 is 6.03 Å². The number of nitrogens with zero attached hydrogens (tertiary/aromatic N) is 6. The molecule has 2 amide bonds. The minimum Gasteiger partial charge on any atom is -0.320 e. The van der Waals surface area contributed by atoms with E-state index in [1.165, 1.54) is 0 Å². The SMILES string of the molecule is CCc1cc(NC(=O)N2CCc3nc(-c4cccnc4)nc(-c4ccccc4C)c3C2)cc(-c2ccc3nccn3c2)c1. The minimum absolute atomic E-state index is 0.137. The average Bonchev–Trinajstić information content (AvgIpc) is 3.53. The van der Waals surface area contributed by atoms with Gasteiger partial charge in [0.15, 0.2) is 5.82 Å². The van der Waals surface area contributed by atoms with Crippen LogP contribution in [0.3, 0.4) is 0 Å². The van der Waals surface area contributed by atoms with Gasteiger partial charge in [-0.15, -0.1) is 0 Å². The predicted octanol–water partition coefficient (Wildman–Crippen LogP) is 6.98. The molecule has 43 heavy (non-hydrogen) atoms. The molecule has 0 atom stereocenters. The summed E-state index contributed by atoms with van der Waals surface area (Å²) in [5.41, 5.74) is 10.8. The molecular formula is C35H31N7O. The number of pyridine rings is 2. The molecule has 4 aromatic heterocycles. The van der Waals surface area contributed by atoms with Crippen molar-refractivity contribution in [3.05, 3.63) is 120 Å². The Morgan fingerprint density at radius 3 is 2.70 bits per heavy atom. The maximum absolute atomic E-state index is 13.7. The van der Waals surface area contributed by atoms with E-state index < -0.39 is 0 Å². The topological polar surface area (TPSA) is 88.3 Å². The zero-order chi connectivity index (χ0) is 29.3. The molecule has 1 N–H and O–H groups in total. The molecule has 0 unspecified atom stereocenters. The van der Waals surface area contributed by atoms with Crippen LogP contribution in [0.25, 0.3) is 39.4 Å². The van der Waals surface area contributed by atoms with Gasteiger partial charge in [0.1, 0.15) is 5.65 Å². The van der Waals surface area contributed by atoms with E-state index in [9.17, 15) is 4.79 Å². The van der Waals surface area contributed by atoms with Crippen LogP contribution in [-0.2, 0) is 19.4 Å². The fourth-order valence-electron chi connectivity index (χ4n) is 5.70. The number of nitrogens with one attached hydrogen (secondary N) is 1. The molecule has 0 bridgehead atoms. The van der Waals surface area contributed by atoms with E-state index in [1.807, 2.05) is 51.9 Å². The molecule has 0 saturated carbocycles. The van der Waals surface area contributed by atoms with Crippen LogP contribution in [-0.4, -0.2) is 41.8 Å². The highest BCUT2D eigenvalue weighted by Gasteiger charge is 2.27. The zero-order valence-electron chi connectivity index (χ0n) is 24.2. The van der Waals surface area contributed by atoms with Crippen LogP contribution in [0.2, 0.25) is 0 Å². The van der Waals surface area contributed by atoms with Crippen LogP contribution in [0.5, 0.6) is 0 Å². The number of hydrogen-bond acceptors (Lipinski definition) is 5. The Labute approximate surface area is 250 Å². The van der Waals surface area contributed by atoms with E-state index >= 15 is 0 Å². The summed E-state index contributed by atoms with van der Waals surface area (Å²) in [5.74, 6) is 0.654. The van der Waals surface area contributed by atoms with Crippen molar-refractivity contribution >= 4 is 17.4 Å². The van der Waals surface area contributed by atoms with Gasteiger partial charge < -0.3 is 14.6 Å². The average molecular weight is 566 g/mol. The maximum Gasteiger partial charge on any atom is 0.322 e. The van der Waals surface area contributed by atoms with E-state index in [0.717, 1.165) is 68.1 Å². The van der Waals surface area contributed by atoms with Crippen molar-refractivity contribution in [2.75, 3.05) is 11.9 Å². The lowest BCUT2D eigenvalue weighted by molar-refractivity contribution is 0.206. The number of aromatic nitrogens is 5. The van der Waals surface area contributed by atoms with Gasteiger partial charge in [-0.05, 0) is 72.0 Å². The van der Waals surface area contributed by atoms with Gasteiger partial charge in [-0.2, -0.15) is 0 Å². The van der Waals surface area contributed by atoms with Crippen LogP contribution in [0.4, 0.5) is 10.5 Å². The van der Waals surface area contributed by atoms with Gasteiger partial charge in [-0.25, -0.2) is 19.7 Å². The van der Waals surface area contributed by atoms with Gasteiger partial charge in [-0.3, -0.25) is 4.98 Å². The summed E-state index contributed by atoms with van der Waals surface area (Å²) in [7, 11) is 0. The van der Waals surface area contributed by atoms with E-state index in [0.29, 0.717) is 25.3 Å². The highest BCUT2D eigenvalue weighted by molar-refractivity contribution is 5.91. The summed E-state index contributed by atoms with van der Waals surface area (Å²) in [5, 5.41) is 3.19. The van der Waals surface area contributed by atoms with E-state index in [4.69, 9.17) is 9.97 Å². The molecule has 212 valence electrons. The lowest BCUT2D eigenvalue weighted by Crippen LogP contribution is -2.39. The van der Waals surface area contributed by atoms with Crippen LogP contribution in [0.1, 0.15) is 29.3 Å². The monoisotopic (exact) mass is 565 g/mol. The fraction of sp³-hybridized carbons (Fsp3) is 0.171. The predicted molar refractivity (Wildman–Crippen MR) is 169 cm³/mol. The van der Waals surface area contributed by atoms with Gasteiger partial charge in [0.05, 0.1) is 17.9 Å². The number of urea groups is 1. The standard InChI is InChI=1S/C35H31N7O/c1-3-24-17-27(26-10-11-32-37-14-16-41(32)21-26)19-28(18-24)38-35(43)42-15-12-31-30(22-42)33(29-9-5-4-7-23(29)2)40-34(39-31)25-8-6-13-36-20-25/h4-11,13-14,16-21H,3,12,15,22H2,1-2H3,(H,38,43). The van der Waals surface area contributed by atoms with Crippen molar-refractivity contribution in [2.45, 2.75) is 33.2 Å². The Kier molecular flexibility index (Phi) is 6.87. The summed E-state index contributed by atoms with van der Waals surface area (Å²) in [6.45, 7) is 5.20. The molecule has 1 aliphatic rings. The summed E-state index contributed by atoms with van der Waals surface area (Å²) in [4.78, 5) is 34.2. The molecule has 0 saturated heterocycles. The molecule has 1 aliphatic heterocycles. The summed E-state index contributed by atoms with van der Waals surface area (Å²) in [6, 6.07) is 22.3. The number of hydrogen-bond donors (Lipinski definition) is 1. The molecule has 7 rings (SSSR count). The smallest absolute Gasteiger partial charge is 0.320 e.